The van der Waals surface area contributed by atoms with Crippen LogP contribution in [0.3, 0.4) is 0 Å². The molecule has 0 aliphatic rings. The molecule has 7 heteroatoms. The van der Waals surface area contributed by atoms with E-state index in [9.17, 15) is 4.79 Å². The predicted octanol–water partition coefficient (Wildman–Crippen LogP) is 4.20. The van der Waals surface area contributed by atoms with E-state index in [-0.39, 0.29) is 16.3 Å². The highest BCUT2D eigenvalue weighted by Gasteiger charge is 2.19. The van der Waals surface area contributed by atoms with E-state index in [1.54, 1.807) is 42.7 Å². The number of hydrogen-bond donors (Lipinski definition) is 1. The molecule has 1 N–H and O–H groups in total. The fourth-order valence-electron chi connectivity index (χ4n) is 2.18. The third kappa shape index (κ3) is 3.06. The number of rotatable bonds is 3. The Kier molecular flexibility index (Phi) is 4.32. The van der Waals surface area contributed by atoms with E-state index < -0.39 is 5.91 Å². The van der Waals surface area contributed by atoms with Gasteiger partial charge in [-0.25, -0.2) is 0 Å². The van der Waals surface area contributed by atoms with Crippen molar-refractivity contribution in [3.63, 3.8) is 0 Å². The lowest BCUT2D eigenvalue weighted by Gasteiger charge is -2.12. The maximum absolute atomic E-state index is 12.5. The van der Waals surface area contributed by atoms with E-state index in [2.05, 4.69) is 15.3 Å². The fraction of sp³-hybridized carbons (Fsp3) is 0.0625. The molecule has 0 radical (unpaired) electrons. The van der Waals surface area contributed by atoms with Crippen LogP contribution in [0.2, 0.25) is 10.0 Å². The largest absolute Gasteiger partial charge is 0.494 e. The minimum atomic E-state index is -0.419. The number of methoxy groups -OCH3 is 1. The number of ether oxygens (including phenoxy) is 1. The Hall–Kier alpha value is -2.37. The molecule has 1 aromatic heterocycles. The van der Waals surface area contributed by atoms with Gasteiger partial charge in [-0.1, -0.05) is 23.2 Å². The molecule has 1 heterocycles. The number of carbonyl (C=O) groups excluding carboxylic acids is 1. The maximum Gasteiger partial charge on any atom is 0.261 e. The topological polar surface area (TPSA) is 64.1 Å². The highest BCUT2D eigenvalue weighted by molar-refractivity contribution is 6.37. The Morgan fingerprint density at radius 3 is 2.48 bits per heavy atom. The Morgan fingerprint density at radius 2 is 1.74 bits per heavy atom. The zero-order valence-corrected chi connectivity index (χ0v) is 13.5. The minimum Gasteiger partial charge on any atom is -0.494 e. The monoisotopic (exact) mass is 347 g/mol. The average Bonchev–Trinajstić information content (AvgIpc) is 2.56. The smallest absolute Gasteiger partial charge is 0.261 e. The number of amides is 1. The van der Waals surface area contributed by atoms with Gasteiger partial charge in [-0.05, 0) is 30.3 Å². The predicted molar refractivity (Wildman–Crippen MR) is 90.5 cm³/mol. The second kappa shape index (κ2) is 6.40. The molecule has 116 valence electrons. The van der Waals surface area contributed by atoms with Gasteiger partial charge in [0.05, 0.1) is 28.2 Å². The van der Waals surface area contributed by atoms with Gasteiger partial charge < -0.3 is 10.1 Å². The summed E-state index contributed by atoms with van der Waals surface area (Å²) in [7, 11) is 1.43. The molecule has 0 atom stereocenters. The summed E-state index contributed by atoms with van der Waals surface area (Å²) in [6.45, 7) is 0. The Morgan fingerprint density at radius 1 is 1.04 bits per heavy atom. The van der Waals surface area contributed by atoms with E-state index in [1.165, 1.54) is 7.11 Å². The zero-order chi connectivity index (χ0) is 16.4. The van der Waals surface area contributed by atoms with Gasteiger partial charge in [0.1, 0.15) is 5.56 Å². The van der Waals surface area contributed by atoms with Crippen molar-refractivity contribution in [1.82, 2.24) is 9.97 Å². The van der Waals surface area contributed by atoms with Gasteiger partial charge >= 0.3 is 0 Å². The summed E-state index contributed by atoms with van der Waals surface area (Å²) in [5, 5.41) is 3.33. The number of fused-ring (bicyclic) bond motifs is 1. The molecule has 0 saturated heterocycles. The summed E-state index contributed by atoms with van der Waals surface area (Å²) in [4.78, 5) is 20.9. The van der Waals surface area contributed by atoms with Gasteiger partial charge in [-0.15, -0.1) is 0 Å². The summed E-state index contributed by atoms with van der Waals surface area (Å²) < 4.78 is 5.19. The van der Waals surface area contributed by atoms with Crippen LogP contribution in [0.1, 0.15) is 10.4 Å². The lowest BCUT2D eigenvalue weighted by atomic mass is 10.1. The second-order valence-corrected chi connectivity index (χ2v) is 5.47. The molecule has 0 aliphatic carbocycles. The quantitative estimate of drug-likeness (QED) is 0.771. The van der Waals surface area contributed by atoms with Crippen LogP contribution < -0.4 is 10.1 Å². The van der Waals surface area contributed by atoms with Crippen LogP contribution in [0, 0.1) is 0 Å². The molecule has 23 heavy (non-hydrogen) atoms. The maximum atomic E-state index is 12.5. The molecule has 1 amide bonds. The van der Waals surface area contributed by atoms with Crippen LogP contribution >= 0.6 is 23.2 Å². The van der Waals surface area contributed by atoms with Gasteiger partial charge in [-0.3, -0.25) is 14.8 Å². The van der Waals surface area contributed by atoms with Crippen LogP contribution in [-0.4, -0.2) is 23.0 Å². The third-order valence-electron chi connectivity index (χ3n) is 3.22. The molecule has 3 rings (SSSR count). The van der Waals surface area contributed by atoms with Crippen molar-refractivity contribution in [2.45, 2.75) is 0 Å². The summed E-state index contributed by atoms with van der Waals surface area (Å²) in [5.41, 5.74) is 2.17. The van der Waals surface area contributed by atoms with Crippen molar-refractivity contribution in [2.24, 2.45) is 0 Å². The number of benzene rings is 2. The molecule has 3 aromatic rings. The summed E-state index contributed by atoms with van der Waals surface area (Å²) >= 11 is 12.2. The summed E-state index contributed by atoms with van der Waals surface area (Å²) in [6.07, 6.45) is 3.20. The summed E-state index contributed by atoms with van der Waals surface area (Å²) in [5.74, 6) is -0.185. The third-order valence-corrected chi connectivity index (χ3v) is 3.83. The van der Waals surface area contributed by atoms with Crippen molar-refractivity contribution >= 4 is 45.8 Å². The van der Waals surface area contributed by atoms with Crippen LogP contribution in [0.15, 0.2) is 42.7 Å². The van der Waals surface area contributed by atoms with E-state index >= 15 is 0 Å². The SMILES string of the molecule is COc1c(Cl)ccc(Cl)c1C(=O)Nc1ccc2nccnc2c1. The van der Waals surface area contributed by atoms with Crippen molar-refractivity contribution < 1.29 is 9.53 Å². The van der Waals surface area contributed by atoms with E-state index in [0.29, 0.717) is 16.2 Å². The number of anilines is 1. The fourth-order valence-corrected chi connectivity index (χ4v) is 2.65. The van der Waals surface area contributed by atoms with Crippen LogP contribution in [0.25, 0.3) is 11.0 Å². The Labute approximate surface area is 142 Å². The zero-order valence-electron chi connectivity index (χ0n) is 12.0. The van der Waals surface area contributed by atoms with E-state index in [4.69, 9.17) is 27.9 Å². The van der Waals surface area contributed by atoms with Crippen molar-refractivity contribution in [2.75, 3.05) is 12.4 Å². The molecular weight excluding hydrogens is 337 g/mol. The van der Waals surface area contributed by atoms with Gasteiger partial charge in [0.2, 0.25) is 0 Å². The second-order valence-electron chi connectivity index (χ2n) is 4.65. The normalized spacial score (nSPS) is 10.6. The van der Waals surface area contributed by atoms with Gasteiger partial charge in [0.15, 0.2) is 5.75 Å². The van der Waals surface area contributed by atoms with E-state index in [1.807, 2.05) is 0 Å². The molecule has 0 spiro atoms. The molecule has 0 aliphatic heterocycles. The molecule has 0 saturated carbocycles. The average molecular weight is 348 g/mol. The molecule has 0 bridgehead atoms. The van der Waals surface area contributed by atoms with Crippen molar-refractivity contribution in [3.05, 3.63) is 58.3 Å². The molecule has 0 fully saturated rings. The number of nitrogens with zero attached hydrogens (tertiary/aromatic N) is 2. The first-order valence-electron chi connectivity index (χ1n) is 6.64. The number of hydrogen-bond acceptors (Lipinski definition) is 4. The van der Waals surface area contributed by atoms with Gasteiger partial charge in [0.25, 0.3) is 5.91 Å². The lowest BCUT2D eigenvalue weighted by Crippen LogP contribution is -2.14. The molecule has 2 aromatic carbocycles. The van der Waals surface area contributed by atoms with E-state index in [0.717, 1.165) is 5.52 Å². The first-order valence-corrected chi connectivity index (χ1v) is 7.40. The lowest BCUT2D eigenvalue weighted by molar-refractivity contribution is 0.102. The Balaban J connectivity index is 1.96. The first-order chi connectivity index (χ1) is 11.1. The highest BCUT2D eigenvalue weighted by atomic mass is 35.5. The number of halogens is 2. The van der Waals surface area contributed by atoms with Gasteiger partial charge in [0, 0.05) is 18.1 Å². The molecular formula is C16H11Cl2N3O2. The van der Waals surface area contributed by atoms with Crippen LogP contribution in [0.5, 0.6) is 5.75 Å². The standard InChI is InChI=1S/C16H11Cl2N3O2/c1-23-15-11(18)4-3-10(17)14(15)16(22)21-9-2-5-12-13(8-9)20-7-6-19-12/h2-8H,1H3,(H,21,22). The molecule has 5 nitrogen and oxygen atoms in total. The number of aromatic nitrogens is 2. The Bertz CT molecular complexity index is 900. The summed E-state index contributed by atoms with van der Waals surface area (Å²) in [6, 6.07) is 8.36. The van der Waals surface area contributed by atoms with Crippen molar-refractivity contribution in [1.29, 1.82) is 0 Å². The van der Waals surface area contributed by atoms with Crippen LogP contribution in [0.4, 0.5) is 5.69 Å². The minimum absolute atomic E-state index is 0.181. The highest BCUT2D eigenvalue weighted by Crippen LogP contribution is 2.34. The van der Waals surface area contributed by atoms with Gasteiger partial charge in [-0.2, -0.15) is 0 Å². The number of carbonyl (C=O) groups is 1. The van der Waals surface area contributed by atoms with Crippen LogP contribution in [-0.2, 0) is 0 Å². The number of nitrogens with one attached hydrogen (secondary N) is 1. The first kappa shape index (κ1) is 15.5. The van der Waals surface area contributed by atoms with Crippen molar-refractivity contribution in [3.8, 4) is 5.75 Å². The molecule has 0 unspecified atom stereocenters.